The maximum absolute atomic E-state index is 12.8. The van der Waals surface area contributed by atoms with E-state index >= 15 is 0 Å². The van der Waals surface area contributed by atoms with E-state index in [4.69, 9.17) is 0 Å². The van der Waals surface area contributed by atoms with Gasteiger partial charge in [-0.2, -0.15) is 0 Å². The zero-order valence-electron chi connectivity index (χ0n) is 14.4. The molecule has 126 valence electrons. The van der Waals surface area contributed by atoms with Crippen LogP contribution in [0.5, 0.6) is 0 Å². The Labute approximate surface area is 147 Å². The Bertz CT molecular complexity index is 882. The number of nitrogens with zero attached hydrogens (tertiary/aromatic N) is 1. The van der Waals surface area contributed by atoms with Crippen LogP contribution in [0.25, 0.3) is 5.57 Å². The van der Waals surface area contributed by atoms with E-state index in [0.29, 0.717) is 11.3 Å². The molecule has 0 bridgehead atoms. The lowest BCUT2D eigenvalue weighted by atomic mass is 10.0. The normalized spacial score (nSPS) is 14.2. The van der Waals surface area contributed by atoms with Gasteiger partial charge in [-0.25, -0.2) is 0 Å². The fraction of sp³-hybridized carbons (Fsp3) is 0.143. The second-order valence-electron chi connectivity index (χ2n) is 6.00. The van der Waals surface area contributed by atoms with Crippen LogP contribution in [0.2, 0.25) is 0 Å². The van der Waals surface area contributed by atoms with Crippen LogP contribution in [-0.4, -0.2) is 23.3 Å². The first-order valence-corrected chi connectivity index (χ1v) is 8.14. The van der Waals surface area contributed by atoms with Crippen molar-refractivity contribution in [2.24, 2.45) is 0 Å². The van der Waals surface area contributed by atoms with Crippen molar-refractivity contribution in [3.63, 3.8) is 0 Å². The van der Waals surface area contributed by atoms with Gasteiger partial charge in [0.05, 0.1) is 5.57 Å². The van der Waals surface area contributed by atoms with Crippen LogP contribution in [-0.2, 0) is 9.59 Å². The highest BCUT2D eigenvalue weighted by Crippen LogP contribution is 2.31. The van der Waals surface area contributed by atoms with Crippen molar-refractivity contribution >= 4 is 23.1 Å². The van der Waals surface area contributed by atoms with Gasteiger partial charge in [0.2, 0.25) is 0 Å². The van der Waals surface area contributed by atoms with Crippen LogP contribution < -0.4 is 5.32 Å². The Balaban J connectivity index is 2.11. The number of anilines is 1. The number of imide groups is 1. The van der Waals surface area contributed by atoms with Crippen LogP contribution in [0.3, 0.4) is 0 Å². The standard InChI is InChI=1S/C21H20N2O2/c1-4-13-23-20(24)18(16-10-6-5-7-11-16)19(21(23)25)22-17-12-8-9-14(2)15(17)3/h4-12,22H,1,13H2,2-3H3. The molecule has 1 N–H and O–H groups in total. The van der Waals surface area contributed by atoms with Gasteiger partial charge in [-0.3, -0.25) is 14.5 Å². The smallest absolute Gasteiger partial charge is 0.278 e. The fourth-order valence-corrected chi connectivity index (χ4v) is 2.88. The summed E-state index contributed by atoms with van der Waals surface area (Å²) in [5.41, 5.74) is 4.42. The summed E-state index contributed by atoms with van der Waals surface area (Å²) in [6, 6.07) is 15.1. The Morgan fingerprint density at radius 1 is 1.00 bits per heavy atom. The van der Waals surface area contributed by atoms with E-state index in [1.807, 2.05) is 62.4 Å². The molecule has 1 aliphatic rings. The third-order valence-corrected chi connectivity index (χ3v) is 4.41. The molecule has 0 atom stereocenters. The number of rotatable bonds is 5. The van der Waals surface area contributed by atoms with Gasteiger partial charge < -0.3 is 5.32 Å². The van der Waals surface area contributed by atoms with Crippen molar-refractivity contribution in [3.05, 3.63) is 83.6 Å². The quantitative estimate of drug-likeness (QED) is 0.671. The van der Waals surface area contributed by atoms with E-state index in [1.165, 1.54) is 4.90 Å². The molecular weight excluding hydrogens is 312 g/mol. The number of hydrogen-bond donors (Lipinski definition) is 1. The summed E-state index contributed by atoms with van der Waals surface area (Å²) in [4.78, 5) is 26.9. The molecule has 0 fully saturated rings. The molecule has 1 heterocycles. The molecule has 0 radical (unpaired) electrons. The minimum Gasteiger partial charge on any atom is -0.350 e. The minimum absolute atomic E-state index is 0.186. The van der Waals surface area contributed by atoms with E-state index in [2.05, 4.69) is 11.9 Å². The van der Waals surface area contributed by atoms with Crippen molar-refractivity contribution in [2.75, 3.05) is 11.9 Å². The molecule has 3 rings (SSSR count). The van der Waals surface area contributed by atoms with Crippen LogP contribution in [0, 0.1) is 13.8 Å². The van der Waals surface area contributed by atoms with Crippen LogP contribution in [0.15, 0.2) is 66.9 Å². The fourth-order valence-electron chi connectivity index (χ4n) is 2.88. The van der Waals surface area contributed by atoms with Gasteiger partial charge in [-0.05, 0) is 36.6 Å². The minimum atomic E-state index is -0.329. The summed E-state index contributed by atoms with van der Waals surface area (Å²) >= 11 is 0. The maximum atomic E-state index is 12.8. The Morgan fingerprint density at radius 2 is 1.72 bits per heavy atom. The number of aryl methyl sites for hydroxylation is 1. The molecule has 25 heavy (non-hydrogen) atoms. The predicted molar refractivity (Wildman–Crippen MR) is 99.8 cm³/mol. The topological polar surface area (TPSA) is 49.4 Å². The van der Waals surface area contributed by atoms with Gasteiger partial charge in [0.15, 0.2) is 0 Å². The Hall–Kier alpha value is -3.14. The molecule has 0 aromatic heterocycles. The van der Waals surface area contributed by atoms with Gasteiger partial charge in [0, 0.05) is 12.2 Å². The molecule has 1 aliphatic heterocycles. The van der Waals surface area contributed by atoms with Crippen molar-refractivity contribution < 1.29 is 9.59 Å². The van der Waals surface area contributed by atoms with Crippen molar-refractivity contribution in [1.29, 1.82) is 0 Å². The first kappa shape index (κ1) is 16.7. The lowest BCUT2D eigenvalue weighted by Gasteiger charge is -2.14. The van der Waals surface area contributed by atoms with E-state index in [0.717, 1.165) is 22.4 Å². The Kier molecular flexibility index (Phi) is 4.52. The van der Waals surface area contributed by atoms with Gasteiger partial charge in [0.25, 0.3) is 11.8 Å². The number of carbonyl (C=O) groups is 2. The number of nitrogens with one attached hydrogen (secondary N) is 1. The van der Waals surface area contributed by atoms with Crippen LogP contribution >= 0.6 is 0 Å². The van der Waals surface area contributed by atoms with E-state index in [-0.39, 0.29) is 18.4 Å². The summed E-state index contributed by atoms with van der Waals surface area (Å²) in [5.74, 6) is -0.631. The molecule has 4 nitrogen and oxygen atoms in total. The largest absolute Gasteiger partial charge is 0.350 e. The number of carbonyl (C=O) groups excluding carboxylic acids is 2. The molecule has 2 amide bonds. The number of benzene rings is 2. The Morgan fingerprint density at radius 3 is 2.40 bits per heavy atom. The molecule has 0 saturated carbocycles. The van der Waals surface area contributed by atoms with Crippen molar-refractivity contribution in [2.45, 2.75) is 13.8 Å². The monoisotopic (exact) mass is 332 g/mol. The summed E-state index contributed by atoms with van der Waals surface area (Å²) < 4.78 is 0. The molecule has 0 saturated heterocycles. The van der Waals surface area contributed by atoms with E-state index in [9.17, 15) is 9.59 Å². The van der Waals surface area contributed by atoms with Gasteiger partial charge in [0.1, 0.15) is 5.70 Å². The first-order chi connectivity index (χ1) is 12.0. The highest BCUT2D eigenvalue weighted by atomic mass is 16.2. The molecule has 4 heteroatoms. The summed E-state index contributed by atoms with van der Waals surface area (Å²) in [5, 5.41) is 3.20. The van der Waals surface area contributed by atoms with E-state index < -0.39 is 0 Å². The third kappa shape index (κ3) is 2.98. The average Bonchev–Trinajstić information content (AvgIpc) is 2.84. The molecule has 2 aromatic rings. The van der Waals surface area contributed by atoms with Crippen molar-refractivity contribution in [1.82, 2.24) is 4.90 Å². The highest BCUT2D eigenvalue weighted by molar-refractivity contribution is 6.36. The summed E-state index contributed by atoms with van der Waals surface area (Å²) in [6.07, 6.45) is 1.55. The molecule has 0 unspecified atom stereocenters. The zero-order chi connectivity index (χ0) is 18.0. The highest BCUT2D eigenvalue weighted by Gasteiger charge is 2.38. The third-order valence-electron chi connectivity index (χ3n) is 4.41. The molecular formula is C21H20N2O2. The van der Waals surface area contributed by atoms with Crippen LogP contribution in [0.1, 0.15) is 16.7 Å². The maximum Gasteiger partial charge on any atom is 0.278 e. The summed E-state index contributed by atoms with van der Waals surface area (Å²) in [6.45, 7) is 7.83. The second-order valence-corrected chi connectivity index (χ2v) is 6.00. The lowest BCUT2D eigenvalue weighted by Crippen LogP contribution is -2.32. The second kappa shape index (κ2) is 6.77. The first-order valence-electron chi connectivity index (χ1n) is 8.14. The molecule has 2 aromatic carbocycles. The number of amides is 2. The van der Waals surface area contributed by atoms with Crippen LogP contribution in [0.4, 0.5) is 5.69 Å². The lowest BCUT2D eigenvalue weighted by molar-refractivity contribution is -0.136. The van der Waals surface area contributed by atoms with Gasteiger partial charge in [-0.15, -0.1) is 6.58 Å². The molecule has 0 spiro atoms. The average molecular weight is 332 g/mol. The molecule has 0 aliphatic carbocycles. The van der Waals surface area contributed by atoms with Gasteiger partial charge >= 0.3 is 0 Å². The van der Waals surface area contributed by atoms with E-state index in [1.54, 1.807) is 6.08 Å². The van der Waals surface area contributed by atoms with Crippen molar-refractivity contribution in [3.8, 4) is 0 Å². The summed E-state index contributed by atoms with van der Waals surface area (Å²) in [7, 11) is 0. The predicted octanol–water partition coefficient (Wildman–Crippen LogP) is 3.68. The van der Waals surface area contributed by atoms with Gasteiger partial charge in [-0.1, -0.05) is 48.5 Å². The zero-order valence-corrected chi connectivity index (χ0v) is 14.4. The number of hydrogen-bond acceptors (Lipinski definition) is 3. The SMILES string of the molecule is C=CCN1C(=O)C(Nc2cccc(C)c2C)=C(c2ccccc2)C1=O.